The van der Waals surface area contributed by atoms with Crippen LogP contribution < -0.4 is 10.6 Å². The summed E-state index contributed by atoms with van der Waals surface area (Å²) in [4.78, 5) is 36.6. The Balaban J connectivity index is 2.02. The number of rotatable bonds is 10. The molecule has 2 N–H and O–H groups in total. The van der Waals surface area contributed by atoms with E-state index in [1.165, 1.54) is 12.1 Å². The molecule has 180 valence electrons. The van der Waals surface area contributed by atoms with Gasteiger partial charge in [-0.05, 0) is 69.0 Å². The molecule has 1 heterocycles. The molecule has 0 radical (unpaired) electrons. The number of benzene rings is 1. The highest BCUT2D eigenvalue weighted by molar-refractivity contribution is 6.01. The second-order valence-electron chi connectivity index (χ2n) is 8.40. The van der Waals surface area contributed by atoms with Crippen molar-refractivity contribution in [3.63, 3.8) is 0 Å². The van der Waals surface area contributed by atoms with Gasteiger partial charge in [0.1, 0.15) is 11.6 Å². The lowest BCUT2D eigenvalue weighted by Crippen LogP contribution is -2.23. The maximum Gasteiger partial charge on any atom is 0.349 e. The van der Waals surface area contributed by atoms with Gasteiger partial charge in [-0.25, -0.2) is 4.79 Å². The van der Waals surface area contributed by atoms with E-state index in [4.69, 9.17) is 4.74 Å². The lowest BCUT2D eigenvalue weighted by Gasteiger charge is -2.11. The predicted molar refractivity (Wildman–Crippen MR) is 131 cm³/mol. The van der Waals surface area contributed by atoms with E-state index in [0.29, 0.717) is 23.7 Å². The Morgan fingerprint density at radius 3 is 2.59 bits per heavy atom. The molecule has 0 unspecified atom stereocenters. The number of nitriles is 1. The van der Waals surface area contributed by atoms with E-state index in [0.717, 1.165) is 29.9 Å². The molecule has 0 aliphatic heterocycles. The lowest BCUT2D eigenvalue weighted by molar-refractivity contribution is -0.142. The summed E-state index contributed by atoms with van der Waals surface area (Å²) in [5.41, 5.74) is 3.39. The van der Waals surface area contributed by atoms with Gasteiger partial charge >= 0.3 is 5.97 Å². The highest BCUT2D eigenvalue weighted by Crippen LogP contribution is 2.20. The molecular weight excluding hydrogens is 432 g/mol. The van der Waals surface area contributed by atoms with Crippen LogP contribution in [0, 0.1) is 31.1 Å². The van der Waals surface area contributed by atoms with Crippen molar-refractivity contribution in [3.05, 3.63) is 58.4 Å². The molecule has 0 bridgehead atoms. The summed E-state index contributed by atoms with van der Waals surface area (Å²) in [5, 5.41) is 14.7. The Bertz CT molecular complexity index is 1120. The Morgan fingerprint density at radius 1 is 1.21 bits per heavy atom. The minimum absolute atomic E-state index is 0.185. The molecule has 1 aromatic heterocycles. The quantitative estimate of drug-likeness (QED) is 0.314. The minimum Gasteiger partial charge on any atom is -0.451 e. The number of aryl methyl sites for hydroxylation is 1. The van der Waals surface area contributed by atoms with Crippen molar-refractivity contribution in [2.75, 3.05) is 18.5 Å². The van der Waals surface area contributed by atoms with Crippen molar-refractivity contribution in [2.45, 2.75) is 47.6 Å². The van der Waals surface area contributed by atoms with E-state index in [-0.39, 0.29) is 11.5 Å². The number of aromatic nitrogens is 1. The molecule has 0 aliphatic rings. The standard InChI is InChI=1S/C26H32N4O4/c1-6-28-25(32)20-8-7-9-23(14-20)29-24(31)16-34-26(33)22(15-27)13-21-12-18(4)30(19(21)5)11-10-17(2)3/h7-9,12-14,17H,6,10-11,16H2,1-5H3,(H,28,32)(H,29,31)/b22-13+. The zero-order valence-electron chi connectivity index (χ0n) is 20.4. The van der Waals surface area contributed by atoms with Crippen LogP contribution in [0.4, 0.5) is 5.69 Å². The molecule has 34 heavy (non-hydrogen) atoms. The Hall–Kier alpha value is -3.86. The minimum atomic E-state index is -0.874. The number of anilines is 1. The molecule has 8 heteroatoms. The fourth-order valence-electron chi connectivity index (χ4n) is 3.40. The van der Waals surface area contributed by atoms with Crippen molar-refractivity contribution in [1.82, 2.24) is 9.88 Å². The molecule has 2 aromatic rings. The van der Waals surface area contributed by atoms with Gasteiger partial charge < -0.3 is 19.9 Å². The maximum absolute atomic E-state index is 12.4. The smallest absolute Gasteiger partial charge is 0.349 e. The van der Waals surface area contributed by atoms with Crippen LogP contribution in [0.3, 0.4) is 0 Å². The number of hydrogen-bond acceptors (Lipinski definition) is 5. The molecule has 0 aliphatic carbocycles. The van der Waals surface area contributed by atoms with Gasteiger partial charge in [-0.3, -0.25) is 9.59 Å². The van der Waals surface area contributed by atoms with Gasteiger partial charge in [0.15, 0.2) is 6.61 Å². The van der Waals surface area contributed by atoms with Crippen molar-refractivity contribution < 1.29 is 19.1 Å². The van der Waals surface area contributed by atoms with Crippen molar-refractivity contribution >= 4 is 29.5 Å². The normalized spacial score (nSPS) is 11.1. The van der Waals surface area contributed by atoms with Gasteiger partial charge in [-0.1, -0.05) is 19.9 Å². The first-order chi connectivity index (χ1) is 16.2. The number of esters is 1. The zero-order valence-corrected chi connectivity index (χ0v) is 20.4. The second-order valence-corrected chi connectivity index (χ2v) is 8.40. The fourth-order valence-corrected chi connectivity index (χ4v) is 3.40. The number of nitrogens with zero attached hydrogens (tertiary/aromatic N) is 2. The van der Waals surface area contributed by atoms with Gasteiger partial charge in [-0.15, -0.1) is 0 Å². The van der Waals surface area contributed by atoms with Crippen LogP contribution in [0.2, 0.25) is 0 Å². The van der Waals surface area contributed by atoms with E-state index in [1.807, 2.05) is 32.9 Å². The molecule has 0 fully saturated rings. The Kier molecular flexibility index (Phi) is 9.62. The summed E-state index contributed by atoms with van der Waals surface area (Å²) in [6.07, 6.45) is 2.51. The average Bonchev–Trinajstić information content (AvgIpc) is 3.06. The highest BCUT2D eigenvalue weighted by Gasteiger charge is 2.16. The second kappa shape index (κ2) is 12.4. The first-order valence-electron chi connectivity index (χ1n) is 11.3. The van der Waals surface area contributed by atoms with Crippen LogP contribution in [0.5, 0.6) is 0 Å². The molecule has 2 rings (SSSR count). The van der Waals surface area contributed by atoms with Gasteiger partial charge in [0, 0.05) is 35.7 Å². The van der Waals surface area contributed by atoms with Crippen LogP contribution in [-0.4, -0.2) is 35.5 Å². The van der Waals surface area contributed by atoms with E-state index in [9.17, 15) is 19.6 Å². The van der Waals surface area contributed by atoms with E-state index >= 15 is 0 Å². The van der Waals surface area contributed by atoms with Crippen molar-refractivity contribution in [2.24, 2.45) is 5.92 Å². The number of carbonyl (C=O) groups is 3. The number of ether oxygens (including phenoxy) is 1. The molecule has 0 saturated carbocycles. The van der Waals surface area contributed by atoms with Gasteiger partial charge in [-0.2, -0.15) is 5.26 Å². The van der Waals surface area contributed by atoms with Gasteiger partial charge in [0.25, 0.3) is 11.8 Å². The summed E-state index contributed by atoms with van der Waals surface area (Å²) < 4.78 is 7.21. The van der Waals surface area contributed by atoms with Gasteiger partial charge in [0.2, 0.25) is 0 Å². The van der Waals surface area contributed by atoms with Crippen LogP contribution in [0.15, 0.2) is 35.9 Å². The molecule has 0 atom stereocenters. The van der Waals surface area contributed by atoms with E-state index in [1.54, 1.807) is 18.2 Å². The summed E-state index contributed by atoms with van der Waals surface area (Å²) in [7, 11) is 0. The summed E-state index contributed by atoms with van der Waals surface area (Å²) in [6, 6.07) is 10.2. The van der Waals surface area contributed by atoms with Crippen molar-refractivity contribution in [1.29, 1.82) is 5.26 Å². The fraction of sp³-hybridized carbons (Fsp3) is 0.385. The molecule has 1 aromatic carbocycles. The zero-order chi connectivity index (χ0) is 25.3. The molecule has 0 saturated heterocycles. The summed E-state index contributed by atoms with van der Waals surface area (Å²) in [6.45, 7) is 10.9. The Morgan fingerprint density at radius 2 is 1.94 bits per heavy atom. The number of amides is 2. The third kappa shape index (κ3) is 7.34. The monoisotopic (exact) mass is 464 g/mol. The molecule has 2 amide bonds. The topological polar surface area (TPSA) is 113 Å². The SMILES string of the molecule is CCNC(=O)c1cccc(NC(=O)COC(=O)/C(C#N)=C/c2cc(C)n(CCC(C)C)c2C)c1. The van der Waals surface area contributed by atoms with Crippen LogP contribution in [-0.2, 0) is 20.9 Å². The van der Waals surface area contributed by atoms with Crippen LogP contribution in [0.1, 0.15) is 54.5 Å². The Labute approximate surface area is 200 Å². The third-order valence-electron chi connectivity index (χ3n) is 5.26. The molecular formula is C26H32N4O4. The van der Waals surface area contributed by atoms with E-state index in [2.05, 4.69) is 29.0 Å². The number of nitrogens with one attached hydrogen (secondary N) is 2. The predicted octanol–water partition coefficient (Wildman–Crippen LogP) is 3.99. The van der Waals surface area contributed by atoms with Gasteiger partial charge in [0.05, 0.1) is 0 Å². The summed E-state index contributed by atoms with van der Waals surface area (Å²) in [5.74, 6) is -1.14. The van der Waals surface area contributed by atoms with E-state index < -0.39 is 18.5 Å². The first-order valence-corrected chi connectivity index (χ1v) is 11.3. The van der Waals surface area contributed by atoms with Crippen LogP contribution in [0.25, 0.3) is 6.08 Å². The highest BCUT2D eigenvalue weighted by atomic mass is 16.5. The summed E-state index contributed by atoms with van der Waals surface area (Å²) >= 11 is 0. The molecule has 0 spiro atoms. The third-order valence-corrected chi connectivity index (χ3v) is 5.26. The number of hydrogen-bond donors (Lipinski definition) is 2. The maximum atomic E-state index is 12.4. The lowest BCUT2D eigenvalue weighted by atomic mass is 10.1. The number of carbonyl (C=O) groups excluding carboxylic acids is 3. The first kappa shape index (κ1) is 26.4. The molecule has 8 nitrogen and oxygen atoms in total. The average molecular weight is 465 g/mol. The van der Waals surface area contributed by atoms with Crippen LogP contribution >= 0.6 is 0 Å². The van der Waals surface area contributed by atoms with Crippen molar-refractivity contribution in [3.8, 4) is 6.07 Å². The largest absolute Gasteiger partial charge is 0.451 e.